The van der Waals surface area contributed by atoms with Crippen LogP contribution in [0.1, 0.15) is 11.1 Å². The molecule has 1 unspecified atom stereocenters. The zero-order valence-corrected chi connectivity index (χ0v) is 17.2. The summed E-state index contributed by atoms with van der Waals surface area (Å²) in [6, 6.07) is 10.0. The van der Waals surface area contributed by atoms with Gasteiger partial charge in [-0.15, -0.1) is 0 Å². The third-order valence-electron chi connectivity index (χ3n) is 4.50. The molecule has 0 N–H and O–H groups in total. The number of hydrogen-bond donors (Lipinski definition) is 0. The summed E-state index contributed by atoms with van der Waals surface area (Å²) in [6.45, 7) is 0.574. The molecule has 0 spiro atoms. The Bertz CT molecular complexity index is 1050. The fourth-order valence-electron chi connectivity index (χ4n) is 3.19. The molecule has 6 nitrogen and oxygen atoms in total. The fourth-order valence-corrected chi connectivity index (χ4v) is 5.64. The zero-order valence-electron chi connectivity index (χ0n) is 15.6. The Morgan fingerprint density at radius 3 is 2.22 bits per heavy atom. The number of rotatable bonds is 6. The first-order valence-corrected chi connectivity index (χ1v) is 12.1. The second kappa shape index (κ2) is 7.09. The highest BCUT2D eigenvalue weighted by atomic mass is 32.2. The monoisotopic (exact) mass is 409 g/mol. The zero-order chi connectivity index (χ0) is 19.8. The number of sulfone groups is 1. The Hall–Kier alpha value is -2.19. The number of nitrogens with zero attached hydrogens (tertiary/aromatic N) is 1. The van der Waals surface area contributed by atoms with Crippen LogP contribution in [0.15, 0.2) is 41.3 Å². The summed E-state index contributed by atoms with van der Waals surface area (Å²) in [4.78, 5) is 0.247. The van der Waals surface area contributed by atoms with Crippen molar-refractivity contribution in [3.8, 4) is 11.5 Å². The Morgan fingerprint density at radius 2 is 1.67 bits per heavy atom. The van der Waals surface area contributed by atoms with E-state index < -0.39 is 19.5 Å². The van der Waals surface area contributed by atoms with Crippen LogP contribution >= 0.6 is 0 Å². The van der Waals surface area contributed by atoms with Crippen LogP contribution in [0.2, 0.25) is 0 Å². The van der Waals surface area contributed by atoms with Gasteiger partial charge in [-0.25, -0.2) is 12.6 Å². The first-order chi connectivity index (χ1) is 12.6. The number of fused-ring (bicyclic) bond motifs is 1. The van der Waals surface area contributed by atoms with Crippen molar-refractivity contribution in [2.24, 2.45) is 0 Å². The van der Waals surface area contributed by atoms with Crippen molar-refractivity contribution in [1.82, 2.24) is 0 Å². The van der Waals surface area contributed by atoms with E-state index >= 15 is 0 Å². The van der Waals surface area contributed by atoms with Crippen molar-refractivity contribution in [2.45, 2.75) is 17.1 Å². The van der Waals surface area contributed by atoms with Gasteiger partial charge >= 0.3 is 0 Å². The van der Waals surface area contributed by atoms with Gasteiger partial charge in [-0.1, -0.05) is 0 Å². The van der Waals surface area contributed by atoms with Crippen LogP contribution in [-0.4, -0.2) is 45.5 Å². The van der Waals surface area contributed by atoms with Crippen LogP contribution in [0.3, 0.4) is 0 Å². The molecule has 27 heavy (non-hydrogen) atoms. The molecule has 0 aromatic heterocycles. The minimum atomic E-state index is -3.55. The van der Waals surface area contributed by atoms with Gasteiger partial charge in [0.15, 0.2) is 9.84 Å². The average molecular weight is 410 g/mol. The number of ether oxygens (including phenoxy) is 2. The quantitative estimate of drug-likeness (QED) is 0.685. The smallest absolute Gasteiger partial charge is 0.182 e. The normalized spacial score (nSPS) is 15.9. The summed E-state index contributed by atoms with van der Waals surface area (Å²) in [6.07, 6.45) is 2.23. The second-order valence-electron chi connectivity index (χ2n) is 6.58. The third kappa shape index (κ3) is 4.06. The largest absolute Gasteiger partial charge is 0.497 e. The van der Waals surface area contributed by atoms with Crippen molar-refractivity contribution >= 4 is 31.1 Å². The highest BCUT2D eigenvalue weighted by molar-refractivity contribution is 8.00. The van der Waals surface area contributed by atoms with Crippen LogP contribution < -0.4 is 13.8 Å². The number of anilines is 1. The van der Waals surface area contributed by atoms with Crippen LogP contribution in [-0.2, 0) is 31.7 Å². The maximum atomic E-state index is 12.9. The van der Waals surface area contributed by atoms with Gasteiger partial charge in [-0.05, 0) is 53.7 Å². The molecule has 0 saturated carbocycles. The molecule has 0 aliphatic carbocycles. The van der Waals surface area contributed by atoms with Crippen LogP contribution in [0.4, 0.5) is 5.69 Å². The van der Waals surface area contributed by atoms with E-state index in [1.807, 2.05) is 0 Å². The Labute approximate surface area is 160 Å². The summed E-state index contributed by atoms with van der Waals surface area (Å²) in [5, 5.41) is 0. The van der Waals surface area contributed by atoms with Gasteiger partial charge in [0.2, 0.25) is 0 Å². The lowest BCUT2D eigenvalue weighted by Crippen LogP contribution is -2.27. The Kier molecular flexibility index (Phi) is 5.14. The van der Waals surface area contributed by atoms with E-state index in [4.69, 9.17) is 9.47 Å². The Morgan fingerprint density at radius 1 is 1.04 bits per heavy atom. The lowest BCUT2D eigenvalue weighted by molar-refractivity contribution is 0.393. The Balaban J connectivity index is 1.93. The molecule has 1 heterocycles. The molecular formula is C19H23NO5S2. The lowest BCUT2D eigenvalue weighted by atomic mass is 10.2. The van der Waals surface area contributed by atoms with Crippen molar-refractivity contribution in [2.75, 3.05) is 31.3 Å². The molecule has 1 aliphatic rings. The van der Waals surface area contributed by atoms with Crippen molar-refractivity contribution in [1.29, 1.82) is 0 Å². The van der Waals surface area contributed by atoms with E-state index in [-0.39, 0.29) is 10.6 Å². The van der Waals surface area contributed by atoms with E-state index in [1.54, 1.807) is 47.0 Å². The predicted molar refractivity (Wildman–Crippen MR) is 109 cm³/mol. The molecule has 3 rings (SSSR count). The van der Waals surface area contributed by atoms with Crippen LogP contribution in [0.5, 0.6) is 11.5 Å². The van der Waals surface area contributed by atoms with Crippen molar-refractivity contribution < 1.29 is 22.1 Å². The van der Waals surface area contributed by atoms with Gasteiger partial charge in [-0.3, -0.25) is 4.31 Å². The summed E-state index contributed by atoms with van der Waals surface area (Å²) in [7, 11) is -2.88. The molecule has 1 atom stereocenters. The van der Waals surface area contributed by atoms with Crippen molar-refractivity contribution in [3.05, 3.63) is 47.5 Å². The molecule has 0 radical (unpaired) electrons. The first-order valence-electron chi connectivity index (χ1n) is 8.31. The highest BCUT2D eigenvalue weighted by Crippen LogP contribution is 2.33. The second-order valence-corrected chi connectivity index (χ2v) is 10.9. The molecule has 0 bridgehead atoms. The van der Waals surface area contributed by atoms with E-state index in [0.29, 0.717) is 30.0 Å². The van der Waals surface area contributed by atoms with Gasteiger partial charge in [0.1, 0.15) is 11.5 Å². The first kappa shape index (κ1) is 19.6. The van der Waals surface area contributed by atoms with Crippen LogP contribution in [0.25, 0.3) is 0 Å². The van der Waals surface area contributed by atoms with Gasteiger partial charge < -0.3 is 9.47 Å². The number of benzene rings is 2. The SMILES string of the molecule is C=S(C)(=O)N1CCc2cc(S(=O)(=O)Cc3cc(OC)cc(OC)c3)ccc21. The maximum absolute atomic E-state index is 12.9. The molecule has 146 valence electrons. The van der Waals surface area contributed by atoms with Crippen LogP contribution in [0, 0.1) is 0 Å². The molecule has 2 aromatic rings. The number of hydrogen-bond acceptors (Lipinski definition) is 5. The summed E-state index contributed by atoms with van der Waals surface area (Å²) in [5.41, 5.74) is 2.25. The van der Waals surface area contributed by atoms with E-state index in [2.05, 4.69) is 5.87 Å². The molecule has 1 aliphatic heterocycles. The topological polar surface area (TPSA) is 72.9 Å². The minimum absolute atomic E-state index is 0.164. The molecule has 2 aromatic carbocycles. The third-order valence-corrected chi connectivity index (χ3v) is 7.49. The molecule has 0 amide bonds. The summed E-state index contributed by atoms with van der Waals surface area (Å²) >= 11 is 0. The van der Waals surface area contributed by atoms with E-state index in [0.717, 1.165) is 11.3 Å². The van der Waals surface area contributed by atoms with Gasteiger partial charge in [0.05, 0.1) is 30.6 Å². The minimum Gasteiger partial charge on any atom is -0.497 e. The average Bonchev–Trinajstić information content (AvgIpc) is 3.04. The summed E-state index contributed by atoms with van der Waals surface area (Å²) in [5.74, 6) is 4.64. The molecule has 0 saturated heterocycles. The number of methoxy groups -OCH3 is 2. The van der Waals surface area contributed by atoms with E-state index in [1.165, 1.54) is 14.2 Å². The maximum Gasteiger partial charge on any atom is 0.182 e. The molecular weight excluding hydrogens is 386 g/mol. The fraction of sp³-hybridized carbons (Fsp3) is 0.316. The lowest BCUT2D eigenvalue weighted by Gasteiger charge is -2.20. The predicted octanol–water partition coefficient (Wildman–Crippen LogP) is 2.30. The van der Waals surface area contributed by atoms with E-state index in [9.17, 15) is 12.6 Å². The van der Waals surface area contributed by atoms with Gasteiger partial charge in [0, 0.05) is 28.6 Å². The van der Waals surface area contributed by atoms with Gasteiger partial charge in [-0.2, -0.15) is 0 Å². The van der Waals surface area contributed by atoms with Crippen molar-refractivity contribution in [3.63, 3.8) is 0 Å². The molecule has 8 heteroatoms. The summed E-state index contributed by atoms with van der Waals surface area (Å²) < 4.78 is 50.3. The van der Waals surface area contributed by atoms with Gasteiger partial charge in [0.25, 0.3) is 0 Å². The standard InChI is InChI=1S/C19H23NO5S2/c1-24-16-9-14(10-17(12-16)25-2)13-27(22,23)18-5-6-19-15(11-18)7-8-20(19)26(3,4)21/h5-6,9-12H,3,7-8,13H2,1-2,4H3. The highest BCUT2D eigenvalue weighted by Gasteiger charge is 2.25. The molecule has 0 fully saturated rings.